The predicted octanol–water partition coefficient (Wildman–Crippen LogP) is 0.611. The summed E-state index contributed by atoms with van der Waals surface area (Å²) in [6.45, 7) is 0. The van der Waals surface area contributed by atoms with Crippen LogP contribution >= 0.6 is 12.2 Å². The number of amides is 2. The van der Waals surface area contributed by atoms with Crippen LogP contribution < -0.4 is 21.5 Å². The Kier molecular flexibility index (Phi) is 4.76. The number of ether oxygens (including phenoxy) is 1. The van der Waals surface area contributed by atoms with E-state index >= 15 is 0 Å². The molecule has 9 nitrogen and oxygen atoms in total. The molecule has 1 aromatic carbocycles. The van der Waals surface area contributed by atoms with Gasteiger partial charge in [0.2, 0.25) is 5.88 Å². The number of hydrogen-bond acceptors (Lipinski definition) is 6. The van der Waals surface area contributed by atoms with Gasteiger partial charge in [0.05, 0.1) is 19.0 Å². The average molecular weight is 335 g/mol. The summed E-state index contributed by atoms with van der Waals surface area (Å²) in [6, 6.07) is 5.80. The number of aromatic hydroxyl groups is 1. The molecule has 1 aromatic heterocycles. The van der Waals surface area contributed by atoms with Crippen LogP contribution in [-0.2, 0) is 0 Å². The van der Waals surface area contributed by atoms with Gasteiger partial charge in [0.25, 0.3) is 5.56 Å². The first-order chi connectivity index (χ1) is 10.9. The molecule has 0 spiro atoms. The predicted molar refractivity (Wildman–Crippen MR) is 85.8 cm³/mol. The molecule has 0 radical (unpaired) electrons. The van der Waals surface area contributed by atoms with Crippen molar-refractivity contribution < 1.29 is 14.6 Å². The number of nitrogens with one attached hydrogen (secondary N) is 2. The average Bonchev–Trinajstić information content (AvgIpc) is 2.50. The third kappa shape index (κ3) is 3.55. The van der Waals surface area contributed by atoms with Crippen molar-refractivity contribution in [2.75, 3.05) is 7.11 Å². The van der Waals surface area contributed by atoms with E-state index in [2.05, 4.69) is 10.1 Å². The van der Waals surface area contributed by atoms with Gasteiger partial charge in [-0.3, -0.25) is 14.3 Å². The Bertz CT molecular complexity index is 887. The van der Waals surface area contributed by atoms with Crippen molar-refractivity contribution >= 4 is 24.5 Å². The van der Waals surface area contributed by atoms with Crippen LogP contribution in [0.15, 0.2) is 34.2 Å². The summed E-state index contributed by atoms with van der Waals surface area (Å²) in [6.07, 6.45) is 0.963. The Labute approximate surface area is 135 Å². The smallest absolute Gasteiger partial charge is 0.332 e. The molecular weight excluding hydrogens is 322 g/mol. The first kappa shape index (κ1) is 16.2. The highest BCUT2D eigenvalue weighted by molar-refractivity contribution is 7.71. The van der Waals surface area contributed by atoms with Crippen LogP contribution in [0.2, 0.25) is 0 Å². The zero-order chi connectivity index (χ0) is 17.0. The molecule has 120 valence electrons. The molecular formula is C13H13N5O4S. The summed E-state index contributed by atoms with van der Waals surface area (Å²) < 4.78 is 6.33. The van der Waals surface area contributed by atoms with Gasteiger partial charge < -0.3 is 15.6 Å². The summed E-state index contributed by atoms with van der Waals surface area (Å²) in [5.41, 5.74) is 6.40. The molecule has 0 unspecified atom stereocenters. The monoisotopic (exact) mass is 335 g/mol. The van der Waals surface area contributed by atoms with Crippen LogP contribution in [-0.4, -0.2) is 34.0 Å². The zero-order valence-corrected chi connectivity index (χ0v) is 12.8. The van der Waals surface area contributed by atoms with Crippen molar-refractivity contribution in [2.45, 2.75) is 0 Å². The number of carbonyl (C=O) groups is 1. The number of urea groups is 1. The number of nitrogens with zero attached hydrogens (tertiary/aromatic N) is 2. The summed E-state index contributed by atoms with van der Waals surface area (Å²) in [5.74, 6) is 0.0997. The van der Waals surface area contributed by atoms with Gasteiger partial charge in [0, 0.05) is 6.07 Å². The Hall–Kier alpha value is -3.14. The molecule has 10 heteroatoms. The second kappa shape index (κ2) is 6.75. The van der Waals surface area contributed by atoms with Crippen LogP contribution in [0.5, 0.6) is 11.6 Å². The standard InChI is InChI=1S/C13H13N5O4S/c1-22-8-4-2-3-7(5-8)18-11(20)9(6-15-17-12(14)21)10(19)16-13(18)23/h2-6,20H,1H3,(H3,14,17,21)(H,16,19,23)/b15-6+. The number of primary amides is 1. The summed E-state index contributed by atoms with van der Waals surface area (Å²) >= 11 is 5.07. The van der Waals surface area contributed by atoms with Gasteiger partial charge in [0.1, 0.15) is 11.3 Å². The van der Waals surface area contributed by atoms with Gasteiger partial charge in [-0.05, 0) is 24.4 Å². The van der Waals surface area contributed by atoms with E-state index < -0.39 is 17.5 Å². The number of benzene rings is 1. The molecule has 2 aromatic rings. The lowest BCUT2D eigenvalue weighted by Crippen LogP contribution is -2.25. The maximum atomic E-state index is 11.9. The highest BCUT2D eigenvalue weighted by atomic mass is 32.1. The normalized spacial score (nSPS) is 10.7. The van der Waals surface area contributed by atoms with Crippen molar-refractivity contribution in [3.63, 3.8) is 0 Å². The van der Waals surface area contributed by atoms with Crippen molar-refractivity contribution in [1.82, 2.24) is 15.0 Å². The first-order valence-corrected chi connectivity index (χ1v) is 6.66. The van der Waals surface area contributed by atoms with Gasteiger partial charge in [-0.15, -0.1) is 0 Å². The van der Waals surface area contributed by atoms with Crippen LogP contribution in [0.3, 0.4) is 0 Å². The highest BCUT2D eigenvalue weighted by Crippen LogP contribution is 2.22. The Morgan fingerprint density at radius 2 is 2.30 bits per heavy atom. The lowest BCUT2D eigenvalue weighted by atomic mass is 10.2. The fraction of sp³-hybridized carbons (Fsp3) is 0.0769. The Morgan fingerprint density at radius 3 is 2.96 bits per heavy atom. The Balaban J connectivity index is 2.60. The topological polar surface area (TPSA) is 135 Å². The van der Waals surface area contributed by atoms with E-state index in [1.807, 2.05) is 5.43 Å². The van der Waals surface area contributed by atoms with Gasteiger partial charge in [-0.1, -0.05) is 6.07 Å². The zero-order valence-electron chi connectivity index (χ0n) is 11.9. The maximum Gasteiger partial charge on any atom is 0.332 e. The number of methoxy groups -OCH3 is 1. The lowest BCUT2D eigenvalue weighted by Gasteiger charge is -2.12. The minimum atomic E-state index is -0.905. The highest BCUT2D eigenvalue weighted by Gasteiger charge is 2.13. The van der Waals surface area contributed by atoms with Crippen LogP contribution in [0.4, 0.5) is 4.79 Å². The van der Waals surface area contributed by atoms with Gasteiger partial charge in [-0.25, -0.2) is 10.2 Å². The molecule has 1 heterocycles. The van der Waals surface area contributed by atoms with E-state index in [0.29, 0.717) is 11.4 Å². The maximum absolute atomic E-state index is 11.9. The van der Waals surface area contributed by atoms with E-state index in [1.165, 1.54) is 11.7 Å². The minimum Gasteiger partial charge on any atom is -0.497 e. The van der Waals surface area contributed by atoms with Gasteiger partial charge in [-0.2, -0.15) is 5.10 Å². The van der Waals surface area contributed by atoms with Crippen molar-refractivity contribution in [3.8, 4) is 17.3 Å². The molecule has 0 atom stereocenters. The number of hydrazone groups is 1. The number of nitrogens with two attached hydrogens (primary N) is 1. The van der Waals surface area contributed by atoms with Gasteiger partial charge >= 0.3 is 6.03 Å². The van der Waals surface area contributed by atoms with Crippen LogP contribution in [0.1, 0.15) is 5.56 Å². The molecule has 2 rings (SSSR count). The molecule has 0 aliphatic carbocycles. The molecule has 0 saturated heterocycles. The van der Waals surface area contributed by atoms with E-state index in [0.717, 1.165) is 6.21 Å². The van der Waals surface area contributed by atoms with Crippen LogP contribution in [0.25, 0.3) is 5.69 Å². The Morgan fingerprint density at radius 1 is 1.57 bits per heavy atom. The third-order valence-electron chi connectivity index (χ3n) is 2.80. The number of H-pyrrole nitrogens is 1. The number of aromatic nitrogens is 2. The molecule has 0 aliphatic heterocycles. The minimum absolute atomic E-state index is 0.0132. The molecule has 0 aliphatic rings. The summed E-state index contributed by atoms with van der Waals surface area (Å²) in [4.78, 5) is 24.9. The second-order valence-corrected chi connectivity index (χ2v) is 4.65. The quantitative estimate of drug-likeness (QED) is 0.369. The fourth-order valence-corrected chi connectivity index (χ4v) is 2.09. The second-order valence-electron chi connectivity index (χ2n) is 4.27. The van der Waals surface area contributed by atoms with Crippen molar-refractivity contribution in [2.24, 2.45) is 10.8 Å². The van der Waals surface area contributed by atoms with Crippen molar-refractivity contribution in [3.05, 3.63) is 45.0 Å². The number of carbonyl (C=O) groups excluding carboxylic acids is 1. The van der Waals surface area contributed by atoms with Crippen molar-refractivity contribution in [1.29, 1.82) is 0 Å². The summed E-state index contributed by atoms with van der Waals surface area (Å²) in [5, 5.41) is 13.8. The molecule has 0 saturated carbocycles. The van der Waals surface area contributed by atoms with E-state index in [9.17, 15) is 14.7 Å². The fourth-order valence-electron chi connectivity index (χ4n) is 1.80. The SMILES string of the molecule is COc1cccc(-n2c(O)c(/C=N/NC(N)=O)c(=O)[nH]c2=S)c1. The number of aromatic amines is 1. The lowest BCUT2D eigenvalue weighted by molar-refractivity contribution is 0.249. The number of rotatable bonds is 4. The summed E-state index contributed by atoms with van der Waals surface area (Å²) in [7, 11) is 1.50. The van der Waals surface area contributed by atoms with E-state index in [1.54, 1.807) is 24.3 Å². The molecule has 0 bridgehead atoms. The molecule has 2 amide bonds. The molecule has 0 fully saturated rings. The van der Waals surface area contributed by atoms with E-state index in [-0.39, 0.29) is 10.3 Å². The molecule has 5 N–H and O–H groups in total. The molecule has 23 heavy (non-hydrogen) atoms. The first-order valence-electron chi connectivity index (χ1n) is 6.25. The number of hydrogen-bond donors (Lipinski definition) is 4. The van der Waals surface area contributed by atoms with E-state index in [4.69, 9.17) is 22.7 Å². The largest absolute Gasteiger partial charge is 0.497 e. The van der Waals surface area contributed by atoms with Crippen LogP contribution in [0, 0.1) is 4.77 Å². The van der Waals surface area contributed by atoms with Gasteiger partial charge in [0.15, 0.2) is 4.77 Å². The third-order valence-corrected chi connectivity index (χ3v) is 3.09.